The number of halogens is 1. The van der Waals surface area contributed by atoms with Crippen LogP contribution in [0.5, 0.6) is 0 Å². The molecule has 1 heterocycles. The maximum atomic E-state index is 12.5. The van der Waals surface area contributed by atoms with Gasteiger partial charge in [-0.3, -0.25) is 9.59 Å². The first-order chi connectivity index (χ1) is 10.0. The van der Waals surface area contributed by atoms with Crippen LogP contribution in [0, 0.1) is 6.92 Å². The van der Waals surface area contributed by atoms with E-state index in [9.17, 15) is 9.59 Å². The number of aryl methyl sites for hydroxylation is 1. The number of amides is 1. The highest BCUT2D eigenvalue weighted by atomic mass is 35.5. The third kappa shape index (κ3) is 3.52. The third-order valence-corrected chi connectivity index (χ3v) is 3.64. The summed E-state index contributed by atoms with van der Waals surface area (Å²) in [6.07, 6.45) is 0. The second-order valence-corrected chi connectivity index (χ2v) is 5.20. The predicted molar refractivity (Wildman–Crippen MR) is 83.7 cm³/mol. The molecule has 0 atom stereocenters. The van der Waals surface area contributed by atoms with Crippen LogP contribution in [0.4, 0.5) is 0 Å². The van der Waals surface area contributed by atoms with E-state index in [1.807, 2.05) is 25.1 Å². The van der Waals surface area contributed by atoms with Gasteiger partial charge in [-0.2, -0.15) is 0 Å². The first-order valence-electron chi connectivity index (χ1n) is 6.75. The standard InChI is InChI=1S/C16H17ClN2O2/c1-3-19(10-12-6-4-5-7-14(12)17)16(21)13-9-8-11(2)18-15(13)20/h4-9H,3,10H2,1-2H3,(H,18,20). The Kier molecular flexibility index (Phi) is 4.81. The minimum absolute atomic E-state index is 0.148. The van der Waals surface area contributed by atoms with Crippen molar-refractivity contribution in [2.24, 2.45) is 0 Å². The van der Waals surface area contributed by atoms with Gasteiger partial charge in [0.05, 0.1) is 0 Å². The van der Waals surface area contributed by atoms with E-state index in [1.165, 1.54) is 0 Å². The van der Waals surface area contributed by atoms with E-state index in [0.29, 0.717) is 18.1 Å². The maximum absolute atomic E-state index is 12.5. The fraction of sp³-hybridized carbons (Fsp3) is 0.250. The molecule has 0 aliphatic carbocycles. The molecule has 0 radical (unpaired) electrons. The van der Waals surface area contributed by atoms with Gasteiger partial charge in [-0.25, -0.2) is 0 Å². The van der Waals surface area contributed by atoms with Crippen LogP contribution in [0.25, 0.3) is 0 Å². The number of benzene rings is 1. The molecular formula is C16H17ClN2O2. The Labute approximate surface area is 128 Å². The number of nitrogens with zero attached hydrogens (tertiary/aromatic N) is 1. The fourth-order valence-electron chi connectivity index (χ4n) is 2.07. The highest BCUT2D eigenvalue weighted by Crippen LogP contribution is 2.17. The minimum Gasteiger partial charge on any atom is -0.334 e. The van der Waals surface area contributed by atoms with Crippen molar-refractivity contribution in [2.75, 3.05) is 6.54 Å². The third-order valence-electron chi connectivity index (χ3n) is 3.27. The molecule has 1 aromatic heterocycles. The lowest BCUT2D eigenvalue weighted by atomic mass is 10.1. The normalized spacial score (nSPS) is 10.4. The van der Waals surface area contributed by atoms with E-state index in [4.69, 9.17) is 11.6 Å². The molecule has 110 valence electrons. The first kappa shape index (κ1) is 15.3. The van der Waals surface area contributed by atoms with Crippen LogP contribution in [0.3, 0.4) is 0 Å². The quantitative estimate of drug-likeness (QED) is 0.944. The summed E-state index contributed by atoms with van der Waals surface area (Å²) in [5.74, 6) is -0.293. The number of nitrogens with one attached hydrogen (secondary N) is 1. The molecule has 21 heavy (non-hydrogen) atoms. The molecule has 4 nitrogen and oxygen atoms in total. The number of aromatic nitrogens is 1. The number of carbonyl (C=O) groups excluding carboxylic acids is 1. The highest BCUT2D eigenvalue weighted by molar-refractivity contribution is 6.31. The monoisotopic (exact) mass is 304 g/mol. The lowest BCUT2D eigenvalue weighted by molar-refractivity contribution is 0.0751. The molecule has 2 rings (SSSR count). The van der Waals surface area contributed by atoms with Crippen LogP contribution in [-0.4, -0.2) is 22.3 Å². The summed E-state index contributed by atoms with van der Waals surface area (Å²) in [4.78, 5) is 28.6. The summed E-state index contributed by atoms with van der Waals surface area (Å²) in [5.41, 5.74) is 1.37. The van der Waals surface area contributed by atoms with Crippen LogP contribution < -0.4 is 5.56 Å². The van der Waals surface area contributed by atoms with Crippen molar-refractivity contribution in [3.8, 4) is 0 Å². The summed E-state index contributed by atoms with van der Waals surface area (Å²) < 4.78 is 0. The van der Waals surface area contributed by atoms with Gasteiger partial charge in [0, 0.05) is 23.8 Å². The van der Waals surface area contributed by atoms with Gasteiger partial charge >= 0.3 is 0 Å². The molecule has 1 aromatic carbocycles. The van der Waals surface area contributed by atoms with E-state index < -0.39 is 0 Å². The van der Waals surface area contributed by atoms with Gasteiger partial charge in [0.15, 0.2) is 0 Å². The number of hydrogen-bond donors (Lipinski definition) is 1. The van der Waals surface area contributed by atoms with Gasteiger partial charge in [0.2, 0.25) is 0 Å². The lowest BCUT2D eigenvalue weighted by Gasteiger charge is -2.21. The van der Waals surface area contributed by atoms with Crippen LogP contribution in [-0.2, 0) is 6.54 Å². The van der Waals surface area contributed by atoms with Gasteiger partial charge in [0.25, 0.3) is 11.5 Å². The Morgan fingerprint density at radius 1 is 1.24 bits per heavy atom. The maximum Gasteiger partial charge on any atom is 0.260 e. The average molecular weight is 305 g/mol. The molecule has 5 heteroatoms. The zero-order valence-corrected chi connectivity index (χ0v) is 12.8. The molecular weight excluding hydrogens is 288 g/mol. The van der Waals surface area contributed by atoms with Crippen molar-refractivity contribution in [1.29, 1.82) is 0 Å². The smallest absolute Gasteiger partial charge is 0.260 e. The van der Waals surface area contributed by atoms with Gasteiger partial charge in [0.1, 0.15) is 5.56 Å². The second kappa shape index (κ2) is 6.59. The molecule has 0 aliphatic heterocycles. The summed E-state index contributed by atoms with van der Waals surface area (Å²) >= 11 is 6.12. The molecule has 0 fully saturated rings. The number of rotatable bonds is 4. The molecule has 0 spiro atoms. The largest absolute Gasteiger partial charge is 0.334 e. The van der Waals surface area contributed by atoms with Crippen LogP contribution in [0.1, 0.15) is 28.5 Å². The molecule has 0 saturated heterocycles. The van der Waals surface area contributed by atoms with Crippen molar-refractivity contribution in [3.05, 3.63) is 68.6 Å². The second-order valence-electron chi connectivity index (χ2n) is 4.79. The van der Waals surface area contributed by atoms with E-state index >= 15 is 0 Å². The number of carbonyl (C=O) groups is 1. The van der Waals surface area contributed by atoms with Crippen LogP contribution >= 0.6 is 11.6 Å². The lowest BCUT2D eigenvalue weighted by Crippen LogP contribution is -2.34. The summed E-state index contributed by atoms with van der Waals surface area (Å²) in [5, 5.41) is 0.613. The summed E-state index contributed by atoms with van der Waals surface area (Å²) in [6, 6.07) is 10.7. The molecule has 1 amide bonds. The Morgan fingerprint density at radius 2 is 1.95 bits per heavy atom. The van der Waals surface area contributed by atoms with E-state index in [1.54, 1.807) is 30.0 Å². The zero-order valence-electron chi connectivity index (χ0n) is 12.0. The molecule has 0 unspecified atom stereocenters. The van der Waals surface area contributed by atoms with Crippen molar-refractivity contribution in [1.82, 2.24) is 9.88 Å². The summed E-state index contributed by atoms with van der Waals surface area (Å²) in [6.45, 7) is 4.52. The molecule has 1 N–H and O–H groups in total. The van der Waals surface area contributed by atoms with Gasteiger partial charge in [-0.05, 0) is 37.6 Å². The van der Waals surface area contributed by atoms with Crippen molar-refractivity contribution in [3.63, 3.8) is 0 Å². The topological polar surface area (TPSA) is 53.2 Å². The van der Waals surface area contributed by atoms with Crippen LogP contribution in [0.2, 0.25) is 5.02 Å². The molecule has 0 aliphatic rings. The van der Waals surface area contributed by atoms with E-state index in [0.717, 1.165) is 11.3 Å². The molecule has 2 aromatic rings. The first-order valence-corrected chi connectivity index (χ1v) is 7.13. The number of H-pyrrole nitrogens is 1. The van der Waals surface area contributed by atoms with Crippen molar-refractivity contribution >= 4 is 17.5 Å². The number of pyridine rings is 1. The van der Waals surface area contributed by atoms with E-state index in [2.05, 4.69) is 4.98 Å². The van der Waals surface area contributed by atoms with Crippen molar-refractivity contribution in [2.45, 2.75) is 20.4 Å². The number of hydrogen-bond acceptors (Lipinski definition) is 2. The van der Waals surface area contributed by atoms with Crippen LogP contribution in [0.15, 0.2) is 41.2 Å². The van der Waals surface area contributed by atoms with Crippen molar-refractivity contribution < 1.29 is 4.79 Å². The number of aromatic amines is 1. The fourth-order valence-corrected chi connectivity index (χ4v) is 2.27. The van der Waals surface area contributed by atoms with Gasteiger partial charge in [-0.1, -0.05) is 29.8 Å². The van der Waals surface area contributed by atoms with Gasteiger partial charge < -0.3 is 9.88 Å². The Bertz CT molecular complexity index is 709. The van der Waals surface area contributed by atoms with E-state index in [-0.39, 0.29) is 17.0 Å². The molecule has 0 saturated carbocycles. The minimum atomic E-state index is -0.363. The average Bonchev–Trinajstić information content (AvgIpc) is 2.46. The SMILES string of the molecule is CCN(Cc1ccccc1Cl)C(=O)c1ccc(C)[nH]c1=O. The Morgan fingerprint density at radius 3 is 2.57 bits per heavy atom. The zero-order chi connectivity index (χ0) is 15.4. The predicted octanol–water partition coefficient (Wildman–Crippen LogP) is 3.00. The summed E-state index contributed by atoms with van der Waals surface area (Å²) in [7, 11) is 0. The Balaban J connectivity index is 2.27. The highest BCUT2D eigenvalue weighted by Gasteiger charge is 2.18. The Hall–Kier alpha value is -2.07. The van der Waals surface area contributed by atoms with Gasteiger partial charge in [-0.15, -0.1) is 0 Å². The molecule has 0 bridgehead atoms.